The first-order valence-electron chi connectivity index (χ1n) is 8.49. The molecule has 0 aliphatic heterocycles. The molecule has 0 aliphatic rings. The van der Waals surface area contributed by atoms with Gasteiger partial charge in [0, 0.05) is 0 Å². The van der Waals surface area contributed by atoms with Crippen molar-refractivity contribution in [2.75, 3.05) is 0 Å². The summed E-state index contributed by atoms with van der Waals surface area (Å²) in [5.41, 5.74) is 1.99. The number of carboxylic acid groups (broad SMARTS) is 1. The summed E-state index contributed by atoms with van der Waals surface area (Å²) >= 11 is 0. The fraction of sp³-hybridized carbons (Fsp3) is 0.143. The van der Waals surface area contributed by atoms with E-state index in [1.54, 1.807) is 24.3 Å². The number of hydrogen-bond acceptors (Lipinski definition) is 7. The molecule has 0 bridgehead atoms. The minimum absolute atomic E-state index is 0.0443. The van der Waals surface area contributed by atoms with E-state index >= 15 is 0 Å². The molecule has 0 N–H and O–H groups in total. The Bertz CT molecular complexity index is 1230. The van der Waals surface area contributed by atoms with E-state index in [9.17, 15) is 14.7 Å². The molecule has 4 aromatic rings. The van der Waals surface area contributed by atoms with Crippen LogP contribution in [0.1, 0.15) is 27.4 Å². The van der Waals surface area contributed by atoms with Crippen molar-refractivity contribution in [1.82, 2.24) is 0 Å². The molecule has 7 heteroatoms. The number of aromatic carboxylic acids is 1. The van der Waals surface area contributed by atoms with Gasteiger partial charge in [0.1, 0.15) is 29.7 Å². The molecule has 3 aromatic heterocycles. The molecule has 28 heavy (non-hydrogen) atoms. The van der Waals surface area contributed by atoms with Crippen molar-refractivity contribution in [3.8, 4) is 17.3 Å². The van der Waals surface area contributed by atoms with Crippen molar-refractivity contribution in [2.45, 2.75) is 20.5 Å². The lowest BCUT2D eigenvalue weighted by Gasteiger charge is -2.10. The van der Waals surface area contributed by atoms with E-state index in [0.29, 0.717) is 16.7 Å². The van der Waals surface area contributed by atoms with Gasteiger partial charge in [-0.05, 0) is 61.4 Å². The average Bonchev–Trinajstić information content (AvgIpc) is 3.34. The lowest BCUT2D eigenvalue weighted by atomic mass is 10.1. The van der Waals surface area contributed by atoms with E-state index in [0.717, 1.165) is 11.1 Å². The normalized spacial score (nSPS) is 11.1. The number of carbonyl (C=O) groups excluding carboxylic acids is 1. The second kappa shape index (κ2) is 6.77. The van der Waals surface area contributed by atoms with Crippen LogP contribution in [0.15, 0.2) is 60.7 Å². The highest BCUT2D eigenvalue weighted by atomic mass is 16.5. The van der Waals surface area contributed by atoms with Gasteiger partial charge in [-0.2, -0.15) is 0 Å². The number of fused-ring (bicyclic) bond motifs is 1. The minimum Gasteiger partial charge on any atom is -0.542 e. The van der Waals surface area contributed by atoms with Crippen LogP contribution in [0.3, 0.4) is 0 Å². The molecule has 7 nitrogen and oxygen atoms in total. The Morgan fingerprint density at radius 2 is 1.89 bits per heavy atom. The average molecular weight is 379 g/mol. The molecule has 3 heterocycles. The summed E-state index contributed by atoms with van der Waals surface area (Å²) in [6.45, 7) is 3.67. The molecule has 0 amide bonds. The molecule has 142 valence electrons. The summed E-state index contributed by atoms with van der Waals surface area (Å²) in [4.78, 5) is 23.9. The van der Waals surface area contributed by atoms with Crippen LogP contribution in [0, 0.1) is 13.8 Å². The fourth-order valence-corrected chi connectivity index (χ4v) is 2.84. The van der Waals surface area contributed by atoms with Gasteiger partial charge in [0.2, 0.25) is 16.9 Å². The van der Waals surface area contributed by atoms with Crippen molar-refractivity contribution in [3.05, 3.63) is 75.5 Å². The zero-order chi connectivity index (χ0) is 19.8. The maximum Gasteiger partial charge on any atom is 0.235 e. The Hall–Kier alpha value is -3.74. The lowest BCUT2D eigenvalue weighted by Crippen LogP contribution is -2.21. The first-order chi connectivity index (χ1) is 13.4. The number of carbonyl (C=O) groups is 1. The highest BCUT2D eigenvalue weighted by molar-refractivity contribution is 5.83. The third-order valence-corrected chi connectivity index (χ3v) is 4.43. The topological polar surface area (TPSA) is 106 Å². The van der Waals surface area contributed by atoms with E-state index in [4.69, 9.17) is 18.0 Å². The van der Waals surface area contributed by atoms with Crippen molar-refractivity contribution >= 4 is 16.9 Å². The number of rotatable bonds is 5. The molecule has 0 atom stereocenters. The molecule has 0 unspecified atom stereocenters. The van der Waals surface area contributed by atoms with Crippen LogP contribution in [0.5, 0.6) is 5.75 Å². The van der Waals surface area contributed by atoms with Crippen molar-refractivity contribution < 1.29 is 27.9 Å². The first-order valence-corrected chi connectivity index (χ1v) is 8.49. The molecule has 4 rings (SSSR count). The standard InChI is InChI=1S/C21H16O7/c1-11-8-14-17(9-12(11)2)28-19(15-4-3-7-25-15)20(18(14)22)26-10-13-5-6-16(27-13)21(23)24/h3-9H,10H2,1-2H3,(H,23,24)/p-1. The Morgan fingerprint density at radius 1 is 1.11 bits per heavy atom. The molecule has 0 fully saturated rings. The highest BCUT2D eigenvalue weighted by Gasteiger charge is 2.21. The van der Waals surface area contributed by atoms with Crippen LogP contribution >= 0.6 is 0 Å². The van der Waals surface area contributed by atoms with Gasteiger partial charge in [-0.15, -0.1) is 0 Å². The van der Waals surface area contributed by atoms with Crippen LogP contribution in [-0.2, 0) is 6.61 Å². The number of ether oxygens (including phenoxy) is 1. The van der Waals surface area contributed by atoms with Crippen LogP contribution in [0.2, 0.25) is 0 Å². The van der Waals surface area contributed by atoms with E-state index in [2.05, 4.69) is 0 Å². The quantitative estimate of drug-likeness (QED) is 0.524. The van der Waals surface area contributed by atoms with E-state index in [1.807, 2.05) is 13.8 Å². The second-order valence-electron chi connectivity index (χ2n) is 6.34. The third-order valence-electron chi connectivity index (χ3n) is 4.43. The van der Waals surface area contributed by atoms with Gasteiger partial charge in [0.25, 0.3) is 0 Å². The zero-order valence-corrected chi connectivity index (χ0v) is 15.1. The number of furan rings is 2. The fourth-order valence-electron chi connectivity index (χ4n) is 2.84. The van der Waals surface area contributed by atoms with Crippen molar-refractivity contribution in [1.29, 1.82) is 0 Å². The van der Waals surface area contributed by atoms with Gasteiger partial charge in [-0.25, -0.2) is 0 Å². The van der Waals surface area contributed by atoms with E-state index in [-0.39, 0.29) is 35.1 Å². The molecule has 0 radical (unpaired) electrons. The number of benzene rings is 1. The Kier molecular flexibility index (Phi) is 4.27. The summed E-state index contributed by atoms with van der Waals surface area (Å²) in [6, 6.07) is 9.56. The van der Waals surface area contributed by atoms with Gasteiger partial charge < -0.3 is 27.9 Å². The molecule has 0 saturated heterocycles. The van der Waals surface area contributed by atoms with E-state index < -0.39 is 5.97 Å². The summed E-state index contributed by atoms with van der Waals surface area (Å²) < 4.78 is 22.1. The zero-order valence-electron chi connectivity index (χ0n) is 15.1. The van der Waals surface area contributed by atoms with Gasteiger partial charge in [0.05, 0.1) is 11.6 Å². The van der Waals surface area contributed by atoms with E-state index in [1.165, 1.54) is 18.4 Å². The second-order valence-corrected chi connectivity index (χ2v) is 6.34. The third kappa shape index (κ3) is 3.07. The van der Waals surface area contributed by atoms with Gasteiger partial charge in [-0.1, -0.05) is 0 Å². The molecule has 0 saturated carbocycles. The summed E-state index contributed by atoms with van der Waals surface area (Å²) in [6.07, 6.45) is 1.46. The molecule has 0 spiro atoms. The van der Waals surface area contributed by atoms with Crippen LogP contribution in [0.25, 0.3) is 22.5 Å². The smallest absolute Gasteiger partial charge is 0.235 e. The minimum atomic E-state index is -1.43. The van der Waals surface area contributed by atoms with Gasteiger partial charge in [-0.3, -0.25) is 4.79 Å². The Balaban J connectivity index is 1.81. The molecular formula is C21H15O7-. The molecule has 1 aromatic carbocycles. The van der Waals surface area contributed by atoms with Gasteiger partial charge in [0.15, 0.2) is 5.76 Å². The maximum absolute atomic E-state index is 13.1. The highest BCUT2D eigenvalue weighted by Crippen LogP contribution is 2.32. The molecular weight excluding hydrogens is 364 g/mol. The van der Waals surface area contributed by atoms with Crippen LogP contribution in [-0.4, -0.2) is 5.97 Å². The first kappa shape index (κ1) is 17.7. The van der Waals surface area contributed by atoms with Gasteiger partial charge >= 0.3 is 0 Å². The van der Waals surface area contributed by atoms with Crippen LogP contribution in [0.4, 0.5) is 0 Å². The largest absolute Gasteiger partial charge is 0.542 e. The summed E-state index contributed by atoms with van der Waals surface area (Å²) in [5.74, 6) is -1.08. The Morgan fingerprint density at radius 3 is 2.57 bits per heavy atom. The monoisotopic (exact) mass is 379 g/mol. The Labute approximate surface area is 158 Å². The summed E-state index contributed by atoms with van der Waals surface area (Å²) in [7, 11) is 0. The number of aryl methyl sites for hydroxylation is 2. The lowest BCUT2D eigenvalue weighted by molar-refractivity contribution is -0.257. The predicted octanol–water partition coefficient (Wildman–Crippen LogP) is 3.21. The van der Waals surface area contributed by atoms with Crippen LogP contribution < -0.4 is 15.3 Å². The number of hydrogen-bond donors (Lipinski definition) is 0. The SMILES string of the molecule is Cc1cc2oc(-c3ccco3)c(OCc3ccc(C(=O)[O-])o3)c(=O)c2cc1C. The van der Waals surface area contributed by atoms with Crippen molar-refractivity contribution in [3.63, 3.8) is 0 Å². The summed E-state index contributed by atoms with van der Waals surface area (Å²) in [5, 5.41) is 11.2. The predicted molar refractivity (Wildman–Crippen MR) is 97.0 cm³/mol. The van der Waals surface area contributed by atoms with Crippen molar-refractivity contribution in [2.24, 2.45) is 0 Å². The number of carboxylic acids is 1. The molecule has 0 aliphatic carbocycles. The maximum atomic E-state index is 13.1.